The predicted octanol–water partition coefficient (Wildman–Crippen LogP) is 1.91. The fourth-order valence-corrected chi connectivity index (χ4v) is 0.821. The molecule has 1 rings (SSSR count). The molecule has 0 aliphatic rings. The number of hydrogen-bond acceptors (Lipinski definition) is 2. The zero-order valence-electron chi connectivity index (χ0n) is 7.37. The Bertz CT molecular complexity index is 345. The van der Waals surface area contributed by atoms with Crippen molar-refractivity contribution in [3.63, 3.8) is 0 Å². The molecule has 1 aromatic rings. The van der Waals surface area contributed by atoms with E-state index in [1.807, 2.05) is 0 Å². The standard InChI is InChI=1S/C10H11NO2/c1-7(2)10(13)11-8-4-3-5-9(12)6-8/h3-6,12H,1H2,2H3,(H,11,13). The van der Waals surface area contributed by atoms with Crippen LogP contribution in [0.2, 0.25) is 0 Å². The molecule has 0 bridgehead atoms. The van der Waals surface area contributed by atoms with Crippen LogP contribution in [0, 0.1) is 0 Å². The van der Waals surface area contributed by atoms with Crippen molar-refractivity contribution in [3.05, 3.63) is 36.4 Å². The first-order valence-electron chi connectivity index (χ1n) is 3.85. The first-order valence-corrected chi connectivity index (χ1v) is 3.85. The van der Waals surface area contributed by atoms with Crippen molar-refractivity contribution >= 4 is 11.6 Å². The molecule has 13 heavy (non-hydrogen) atoms. The summed E-state index contributed by atoms with van der Waals surface area (Å²) in [5.74, 6) is -0.120. The SMILES string of the molecule is C=C(C)C(=O)Nc1cccc(O)c1. The van der Waals surface area contributed by atoms with Crippen LogP contribution in [0.4, 0.5) is 5.69 Å². The van der Waals surface area contributed by atoms with Gasteiger partial charge in [0.1, 0.15) is 5.75 Å². The number of amides is 1. The molecule has 0 unspecified atom stereocenters. The number of carbonyl (C=O) groups is 1. The van der Waals surface area contributed by atoms with Gasteiger partial charge >= 0.3 is 0 Å². The monoisotopic (exact) mass is 177 g/mol. The number of anilines is 1. The Morgan fingerprint density at radius 3 is 2.77 bits per heavy atom. The third-order valence-electron chi connectivity index (χ3n) is 1.49. The van der Waals surface area contributed by atoms with Crippen LogP contribution in [-0.4, -0.2) is 11.0 Å². The minimum absolute atomic E-state index is 0.125. The molecule has 0 radical (unpaired) electrons. The minimum Gasteiger partial charge on any atom is -0.508 e. The molecule has 0 atom stereocenters. The topological polar surface area (TPSA) is 49.3 Å². The molecule has 0 aliphatic heterocycles. The molecular formula is C10H11NO2. The van der Waals surface area contributed by atoms with E-state index in [4.69, 9.17) is 5.11 Å². The van der Waals surface area contributed by atoms with Crippen molar-refractivity contribution in [2.45, 2.75) is 6.92 Å². The number of phenols is 1. The van der Waals surface area contributed by atoms with Gasteiger partial charge in [0.2, 0.25) is 0 Å². The van der Waals surface area contributed by atoms with Crippen molar-refractivity contribution in [3.8, 4) is 5.75 Å². The van der Waals surface area contributed by atoms with Crippen molar-refractivity contribution in [2.75, 3.05) is 5.32 Å². The second-order valence-corrected chi connectivity index (χ2v) is 2.78. The predicted molar refractivity (Wildman–Crippen MR) is 51.6 cm³/mol. The molecule has 0 aliphatic carbocycles. The second kappa shape index (κ2) is 3.76. The Morgan fingerprint density at radius 2 is 2.23 bits per heavy atom. The zero-order valence-corrected chi connectivity index (χ0v) is 7.37. The first kappa shape index (κ1) is 9.32. The molecule has 0 spiro atoms. The number of aromatic hydroxyl groups is 1. The maximum atomic E-state index is 11.1. The number of hydrogen-bond donors (Lipinski definition) is 2. The van der Waals surface area contributed by atoms with Gasteiger partial charge < -0.3 is 10.4 Å². The number of benzene rings is 1. The maximum Gasteiger partial charge on any atom is 0.250 e. The van der Waals surface area contributed by atoms with Crippen LogP contribution in [0.1, 0.15) is 6.92 Å². The first-order chi connectivity index (χ1) is 6.09. The highest BCUT2D eigenvalue weighted by atomic mass is 16.3. The minimum atomic E-state index is -0.245. The van der Waals surface area contributed by atoms with E-state index in [1.54, 1.807) is 19.1 Å². The number of phenolic OH excluding ortho intramolecular Hbond substituents is 1. The van der Waals surface area contributed by atoms with E-state index in [9.17, 15) is 4.79 Å². The summed E-state index contributed by atoms with van der Waals surface area (Å²) in [7, 11) is 0. The summed E-state index contributed by atoms with van der Waals surface area (Å²) in [6.45, 7) is 5.12. The lowest BCUT2D eigenvalue weighted by Gasteiger charge is -2.03. The van der Waals surface area contributed by atoms with Crippen molar-refractivity contribution in [1.82, 2.24) is 0 Å². The van der Waals surface area contributed by atoms with Gasteiger partial charge in [-0.3, -0.25) is 4.79 Å². The Morgan fingerprint density at radius 1 is 1.54 bits per heavy atom. The molecule has 1 aromatic carbocycles. The normalized spacial score (nSPS) is 9.31. The summed E-state index contributed by atoms with van der Waals surface area (Å²) in [5.41, 5.74) is 0.997. The summed E-state index contributed by atoms with van der Waals surface area (Å²) < 4.78 is 0. The largest absolute Gasteiger partial charge is 0.508 e. The van der Waals surface area contributed by atoms with Crippen LogP contribution >= 0.6 is 0 Å². The Labute approximate surface area is 76.7 Å². The average molecular weight is 177 g/mol. The second-order valence-electron chi connectivity index (χ2n) is 2.78. The molecule has 2 N–H and O–H groups in total. The van der Waals surface area contributed by atoms with Crippen molar-refractivity contribution in [1.29, 1.82) is 0 Å². The smallest absolute Gasteiger partial charge is 0.250 e. The van der Waals surface area contributed by atoms with E-state index >= 15 is 0 Å². The lowest BCUT2D eigenvalue weighted by molar-refractivity contribution is -0.112. The van der Waals surface area contributed by atoms with Crippen LogP contribution in [0.25, 0.3) is 0 Å². The van der Waals surface area contributed by atoms with Crippen LogP contribution < -0.4 is 5.32 Å². The van der Waals surface area contributed by atoms with E-state index < -0.39 is 0 Å². The van der Waals surface area contributed by atoms with Gasteiger partial charge in [-0.05, 0) is 19.1 Å². The molecule has 0 fully saturated rings. The molecule has 0 aromatic heterocycles. The summed E-state index contributed by atoms with van der Waals surface area (Å²) in [6, 6.07) is 6.36. The summed E-state index contributed by atoms with van der Waals surface area (Å²) >= 11 is 0. The lowest BCUT2D eigenvalue weighted by atomic mass is 10.2. The van der Waals surface area contributed by atoms with Gasteiger partial charge in [-0.1, -0.05) is 12.6 Å². The average Bonchev–Trinajstić information content (AvgIpc) is 2.04. The number of rotatable bonds is 2. The summed E-state index contributed by atoms with van der Waals surface area (Å²) in [4.78, 5) is 11.1. The van der Waals surface area contributed by atoms with Crippen LogP contribution in [0.5, 0.6) is 5.75 Å². The highest BCUT2D eigenvalue weighted by Gasteiger charge is 2.01. The van der Waals surface area contributed by atoms with E-state index in [2.05, 4.69) is 11.9 Å². The number of nitrogens with one attached hydrogen (secondary N) is 1. The highest BCUT2D eigenvalue weighted by molar-refractivity contribution is 6.02. The molecular weight excluding hydrogens is 166 g/mol. The molecule has 0 heterocycles. The van der Waals surface area contributed by atoms with Crippen LogP contribution in [0.3, 0.4) is 0 Å². The highest BCUT2D eigenvalue weighted by Crippen LogP contribution is 2.15. The Hall–Kier alpha value is -1.77. The quantitative estimate of drug-likeness (QED) is 0.678. The van der Waals surface area contributed by atoms with Gasteiger partial charge in [-0.2, -0.15) is 0 Å². The van der Waals surface area contributed by atoms with Crippen molar-refractivity contribution in [2.24, 2.45) is 0 Å². The molecule has 1 amide bonds. The van der Waals surface area contributed by atoms with Gasteiger partial charge in [0.25, 0.3) is 5.91 Å². The lowest BCUT2D eigenvalue weighted by Crippen LogP contribution is -2.11. The van der Waals surface area contributed by atoms with Gasteiger partial charge in [0, 0.05) is 17.3 Å². The van der Waals surface area contributed by atoms with Gasteiger partial charge in [0.15, 0.2) is 0 Å². The fourth-order valence-electron chi connectivity index (χ4n) is 0.821. The summed E-state index contributed by atoms with van der Waals surface area (Å²) in [6.07, 6.45) is 0. The third kappa shape index (κ3) is 2.63. The maximum absolute atomic E-state index is 11.1. The van der Waals surface area contributed by atoms with E-state index in [0.29, 0.717) is 11.3 Å². The Balaban J connectivity index is 2.75. The number of carbonyl (C=O) groups excluding carboxylic acids is 1. The van der Waals surface area contributed by atoms with E-state index in [0.717, 1.165) is 0 Å². The van der Waals surface area contributed by atoms with Gasteiger partial charge in [0.05, 0.1) is 0 Å². The van der Waals surface area contributed by atoms with Gasteiger partial charge in [-0.15, -0.1) is 0 Å². The van der Waals surface area contributed by atoms with Crippen LogP contribution in [-0.2, 0) is 4.79 Å². The molecule has 3 heteroatoms. The molecule has 3 nitrogen and oxygen atoms in total. The molecule has 68 valence electrons. The van der Waals surface area contributed by atoms with Crippen LogP contribution in [0.15, 0.2) is 36.4 Å². The Kier molecular flexibility index (Phi) is 2.69. The molecule has 0 saturated carbocycles. The molecule has 0 saturated heterocycles. The van der Waals surface area contributed by atoms with E-state index in [-0.39, 0.29) is 11.7 Å². The third-order valence-corrected chi connectivity index (χ3v) is 1.49. The van der Waals surface area contributed by atoms with E-state index in [1.165, 1.54) is 12.1 Å². The fraction of sp³-hybridized carbons (Fsp3) is 0.100. The van der Waals surface area contributed by atoms with Gasteiger partial charge in [-0.25, -0.2) is 0 Å². The van der Waals surface area contributed by atoms with Crippen molar-refractivity contribution < 1.29 is 9.90 Å². The zero-order chi connectivity index (χ0) is 9.84. The summed E-state index contributed by atoms with van der Waals surface area (Å²) in [5, 5.41) is 11.7.